The summed E-state index contributed by atoms with van der Waals surface area (Å²) >= 11 is 0. The van der Waals surface area contributed by atoms with Crippen LogP contribution in [0.15, 0.2) is 121 Å². The number of rotatable bonds is 13. The van der Waals surface area contributed by atoms with E-state index in [9.17, 15) is 19.8 Å². The molecule has 7 heteroatoms. The standard InChI is InChI=1S/C38H48N2O4Si/c1-6-30(27-37(2,3)45(44,31-23-15-9-16-24-31)32-25-17-10-18-26-32)38(4,43)35(39)36(42)40(5)33(28-19-11-7-12-20-28)34(41)29-21-13-8-14-22-29/h7-26,30,33-35,41,43-44H,6,27,39H2,1-5H3/t30-,33-,34-,35+,38+/m0/s1. The maximum Gasteiger partial charge on any atom is 0.258 e. The second-order valence-electron chi connectivity index (χ2n) is 13.0. The van der Waals surface area contributed by atoms with Gasteiger partial charge in [-0.3, -0.25) is 4.79 Å². The first kappa shape index (κ1) is 34.3. The number of amides is 1. The van der Waals surface area contributed by atoms with Gasteiger partial charge in [0.2, 0.25) is 5.91 Å². The lowest BCUT2D eigenvalue weighted by atomic mass is 9.76. The zero-order valence-electron chi connectivity index (χ0n) is 27.0. The van der Waals surface area contributed by atoms with Crippen molar-refractivity contribution < 1.29 is 19.8 Å². The van der Waals surface area contributed by atoms with Crippen LogP contribution in [0.25, 0.3) is 0 Å². The molecule has 1 amide bonds. The summed E-state index contributed by atoms with van der Waals surface area (Å²) in [5.41, 5.74) is 6.52. The van der Waals surface area contributed by atoms with Crippen LogP contribution >= 0.6 is 0 Å². The number of hydrogen-bond donors (Lipinski definition) is 4. The maximum absolute atomic E-state index is 14.2. The number of nitrogens with zero attached hydrogens (tertiary/aromatic N) is 1. The largest absolute Gasteiger partial charge is 0.424 e. The molecule has 0 saturated carbocycles. The van der Waals surface area contributed by atoms with E-state index in [0.717, 1.165) is 15.9 Å². The molecule has 238 valence electrons. The van der Waals surface area contributed by atoms with E-state index in [1.54, 1.807) is 14.0 Å². The van der Waals surface area contributed by atoms with Crippen molar-refractivity contribution in [2.24, 2.45) is 11.7 Å². The highest BCUT2D eigenvalue weighted by molar-refractivity contribution is 6.98. The van der Waals surface area contributed by atoms with Crippen molar-refractivity contribution in [2.75, 3.05) is 7.05 Å². The lowest BCUT2D eigenvalue weighted by Gasteiger charge is -2.47. The fourth-order valence-electron chi connectivity index (χ4n) is 6.80. The first-order valence-electron chi connectivity index (χ1n) is 15.7. The summed E-state index contributed by atoms with van der Waals surface area (Å²) in [4.78, 5) is 28.3. The highest BCUT2D eigenvalue weighted by Crippen LogP contribution is 2.45. The molecule has 0 radical (unpaired) electrons. The average molecular weight is 625 g/mol. The fourth-order valence-corrected chi connectivity index (χ4v) is 10.6. The summed E-state index contributed by atoms with van der Waals surface area (Å²) < 4.78 is 0. The van der Waals surface area contributed by atoms with Gasteiger partial charge in [-0.2, -0.15) is 0 Å². The van der Waals surface area contributed by atoms with Crippen molar-refractivity contribution >= 4 is 24.6 Å². The van der Waals surface area contributed by atoms with E-state index in [2.05, 4.69) is 13.8 Å². The van der Waals surface area contributed by atoms with Crippen LogP contribution in [0.3, 0.4) is 0 Å². The van der Waals surface area contributed by atoms with Crippen molar-refractivity contribution in [3.63, 3.8) is 0 Å². The summed E-state index contributed by atoms with van der Waals surface area (Å²) in [7, 11) is -1.74. The highest BCUT2D eigenvalue weighted by atomic mass is 28.4. The molecule has 0 aromatic heterocycles. The second kappa shape index (κ2) is 14.2. The summed E-state index contributed by atoms with van der Waals surface area (Å²) in [6.07, 6.45) is -0.0368. The summed E-state index contributed by atoms with van der Waals surface area (Å²) in [5.74, 6) is -0.890. The van der Waals surface area contributed by atoms with Gasteiger partial charge in [0.05, 0.1) is 11.6 Å². The Morgan fingerprint density at radius 2 is 1.18 bits per heavy atom. The van der Waals surface area contributed by atoms with Gasteiger partial charge >= 0.3 is 0 Å². The van der Waals surface area contributed by atoms with Crippen molar-refractivity contribution in [1.29, 1.82) is 0 Å². The molecule has 0 heterocycles. The average Bonchev–Trinajstić information content (AvgIpc) is 3.07. The molecule has 0 saturated heterocycles. The zero-order valence-corrected chi connectivity index (χ0v) is 28.0. The summed E-state index contributed by atoms with van der Waals surface area (Å²) in [5, 5.41) is 24.8. The number of likely N-dealkylation sites (N-methyl/N-ethyl adjacent to an activating group) is 1. The Balaban J connectivity index is 1.66. The predicted molar refractivity (Wildman–Crippen MR) is 185 cm³/mol. The number of aliphatic hydroxyl groups excluding tert-OH is 1. The lowest BCUT2D eigenvalue weighted by molar-refractivity contribution is -0.145. The minimum atomic E-state index is -3.37. The molecule has 0 spiro atoms. The van der Waals surface area contributed by atoms with E-state index in [4.69, 9.17) is 5.73 Å². The quantitative estimate of drug-likeness (QED) is 0.158. The number of aliphatic hydroxyl groups is 2. The molecule has 4 aromatic carbocycles. The Hall–Kier alpha value is -3.59. The summed E-state index contributed by atoms with van der Waals surface area (Å²) in [6.45, 7) is 7.72. The van der Waals surface area contributed by atoms with Crippen LogP contribution in [0.5, 0.6) is 0 Å². The molecule has 0 fully saturated rings. The molecule has 4 aromatic rings. The topological polar surface area (TPSA) is 107 Å². The molecule has 0 aliphatic rings. The first-order chi connectivity index (χ1) is 21.4. The fraction of sp³-hybridized carbons (Fsp3) is 0.342. The van der Waals surface area contributed by atoms with Crippen molar-refractivity contribution in [2.45, 2.75) is 69.4 Å². The lowest BCUT2D eigenvalue weighted by Crippen LogP contribution is -2.66. The molecule has 6 nitrogen and oxygen atoms in total. The van der Waals surface area contributed by atoms with Crippen LogP contribution in [-0.2, 0) is 4.79 Å². The van der Waals surface area contributed by atoms with Gasteiger partial charge in [0, 0.05) is 7.05 Å². The van der Waals surface area contributed by atoms with Gasteiger partial charge < -0.3 is 25.6 Å². The predicted octanol–water partition coefficient (Wildman–Crippen LogP) is 4.95. The van der Waals surface area contributed by atoms with Gasteiger partial charge in [0.25, 0.3) is 8.32 Å². The van der Waals surface area contributed by atoms with Crippen LogP contribution in [0.4, 0.5) is 0 Å². The van der Waals surface area contributed by atoms with Gasteiger partial charge in [-0.1, -0.05) is 149 Å². The van der Waals surface area contributed by atoms with Crippen LogP contribution in [0.1, 0.15) is 63.8 Å². The highest BCUT2D eigenvalue weighted by Gasteiger charge is 2.53. The van der Waals surface area contributed by atoms with E-state index in [1.165, 1.54) is 4.90 Å². The Morgan fingerprint density at radius 3 is 1.60 bits per heavy atom. The number of carbonyl (C=O) groups is 1. The van der Waals surface area contributed by atoms with E-state index in [1.807, 2.05) is 128 Å². The normalized spacial score (nSPS) is 16.2. The maximum atomic E-state index is 14.2. The Bertz CT molecular complexity index is 1460. The van der Waals surface area contributed by atoms with Crippen molar-refractivity contribution in [3.8, 4) is 0 Å². The van der Waals surface area contributed by atoms with Gasteiger partial charge in [-0.05, 0) is 45.8 Å². The number of benzene rings is 4. The minimum Gasteiger partial charge on any atom is -0.424 e. The number of hydrogen-bond acceptors (Lipinski definition) is 5. The third-order valence-corrected chi connectivity index (χ3v) is 14.2. The number of nitrogens with two attached hydrogens (primary N) is 1. The van der Waals surface area contributed by atoms with Gasteiger partial charge in [0.1, 0.15) is 12.1 Å². The number of carbonyl (C=O) groups excluding carboxylic acids is 1. The molecular weight excluding hydrogens is 577 g/mol. The molecule has 4 rings (SSSR count). The molecule has 45 heavy (non-hydrogen) atoms. The van der Waals surface area contributed by atoms with Gasteiger partial charge in [0.15, 0.2) is 0 Å². The smallest absolute Gasteiger partial charge is 0.258 e. The van der Waals surface area contributed by atoms with Crippen LogP contribution in [0.2, 0.25) is 5.04 Å². The third kappa shape index (κ3) is 6.98. The monoisotopic (exact) mass is 624 g/mol. The van der Waals surface area contributed by atoms with Crippen molar-refractivity contribution in [3.05, 3.63) is 132 Å². The molecule has 0 unspecified atom stereocenters. The van der Waals surface area contributed by atoms with E-state index in [-0.39, 0.29) is 0 Å². The Morgan fingerprint density at radius 1 is 0.778 bits per heavy atom. The third-order valence-electron chi connectivity index (χ3n) is 9.68. The molecular formula is C38H48N2O4Si. The zero-order chi connectivity index (χ0) is 32.8. The molecule has 5 atom stereocenters. The summed E-state index contributed by atoms with van der Waals surface area (Å²) in [6, 6.07) is 36.2. The first-order valence-corrected chi connectivity index (χ1v) is 17.7. The second-order valence-corrected chi connectivity index (χ2v) is 16.9. The molecule has 0 aliphatic heterocycles. The van der Waals surface area contributed by atoms with E-state index in [0.29, 0.717) is 18.4 Å². The Kier molecular flexibility index (Phi) is 10.8. The van der Waals surface area contributed by atoms with Crippen LogP contribution < -0.4 is 16.1 Å². The molecule has 5 N–H and O–H groups in total. The van der Waals surface area contributed by atoms with Crippen molar-refractivity contribution in [1.82, 2.24) is 4.90 Å². The SMILES string of the molecule is CC[C@@H](CC(C)(C)[Si](O)(c1ccccc1)c1ccccc1)[C@@](C)(O)[C@H](N)C(=O)N(C)[C@@H](c1ccccc1)[C@@H](O)c1ccccc1. The van der Waals surface area contributed by atoms with E-state index < -0.39 is 49.0 Å². The molecule has 0 aliphatic carbocycles. The van der Waals surface area contributed by atoms with Crippen LogP contribution in [0, 0.1) is 5.92 Å². The van der Waals surface area contributed by atoms with Gasteiger partial charge in [-0.25, -0.2) is 0 Å². The minimum absolute atomic E-state index is 0.416. The molecule has 0 bridgehead atoms. The van der Waals surface area contributed by atoms with Gasteiger partial charge in [-0.15, -0.1) is 0 Å². The van der Waals surface area contributed by atoms with Crippen LogP contribution in [-0.4, -0.2) is 52.8 Å². The van der Waals surface area contributed by atoms with E-state index >= 15 is 0 Å². The Labute approximate surface area is 269 Å².